The van der Waals surface area contributed by atoms with Crippen molar-refractivity contribution in [1.82, 2.24) is 0 Å². The molecule has 0 N–H and O–H groups in total. The van der Waals surface area contributed by atoms with Crippen molar-refractivity contribution in [3.05, 3.63) is 95.7 Å². The first-order valence-corrected chi connectivity index (χ1v) is 9.91. The van der Waals surface area contributed by atoms with Crippen LogP contribution in [0.5, 0.6) is 0 Å². The number of rotatable bonds is 4. The average molecular weight is 354 g/mol. The number of benzene rings is 2. The summed E-state index contributed by atoms with van der Waals surface area (Å²) in [4.78, 5) is 2.39. The quantitative estimate of drug-likeness (QED) is 0.564. The van der Waals surface area contributed by atoms with Crippen LogP contribution in [0.4, 0.5) is 5.69 Å². The second-order valence-corrected chi connectivity index (χ2v) is 7.37. The van der Waals surface area contributed by atoms with Gasteiger partial charge in [0.1, 0.15) is 0 Å². The number of hydrogen-bond acceptors (Lipinski definition) is 1. The second kappa shape index (κ2) is 7.84. The van der Waals surface area contributed by atoms with E-state index in [-0.39, 0.29) is 0 Å². The van der Waals surface area contributed by atoms with Crippen molar-refractivity contribution in [2.45, 2.75) is 32.6 Å². The average Bonchev–Trinajstić information content (AvgIpc) is 2.74. The maximum absolute atomic E-state index is 2.39. The smallest absolute Gasteiger partial charge is 0.0567 e. The number of anilines is 1. The molecule has 4 rings (SSSR count). The molecule has 0 saturated carbocycles. The normalized spacial score (nSPS) is 16.4. The maximum Gasteiger partial charge on any atom is 0.0567 e. The number of allylic oxidation sites excluding steroid dienone is 7. The fraction of sp³-hybridized carbons (Fsp3) is 0.231. The Morgan fingerprint density at radius 2 is 1.56 bits per heavy atom. The van der Waals surface area contributed by atoms with Gasteiger partial charge in [0.25, 0.3) is 0 Å². The first-order valence-electron chi connectivity index (χ1n) is 9.91. The van der Waals surface area contributed by atoms with Gasteiger partial charge in [-0.3, -0.25) is 0 Å². The number of para-hydroxylation sites is 1. The maximum atomic E-state index is 2.39. The Morgan fingerprint density at radius 3 is 2.30 bits per heavy atom. The Bertz CT molecular complexity index is 941. The Labute approximate surface area is 163 Å². The molecule has 2 aromatic rings. The van der Waals surface area contributed by atoms with Crippen LogP contribution in [-0.4, -0.2) is 7.05 Å². The molecule has 0 heterocycles. The van der Waals surface area contributed by atoms with E-state index in [1.54, 1.807) is 0 Å². The van der Waals surface area contributed by atoms with Gasteiger partial charge < -0.3 is 4.90 Å². The van der Waals surface area contributed by atoms with E-state index in [4.69, 9.17) is 0 Å². The van der Waals surface area contributed by atoms with Crippen molar-refractivity contribution in [2.24, 2.45) is 0 Å². The molecule has 2 aliphatic rings. The molecule has 2 aromatic carbocycles. The van der Waals surface area contributed by atoms with Crippen LogP contribution in [0.3, 0.4) is 0 Å². The van der Waals surface area contributed by atoms with Crippen molar-refractivity contribution in [2.75, 3.05) is 11.9 Å². The number of likely N-dealkylation sites (N-methyl/N-ethyl adjacent to an activating group) is 1. The largest absolute Gasteiger partial charge is 0.344 e. The molecule has 0 aliphatic heterocycles. The Balaban J connectivity index is 1.92. The topological polar surface area (TPSA) is 3.24 Å². The Hall–Kier alpha value is -2.80. The van der Waals surface area contributed by atoms with Gasteiger partial charge in [0.2, 0.25) is 0 Å². The van der Waals surface area contributed by atoms with Crippen LogP contribution in [0.1, 0.15) is 38.2 Å². The van der Waals surface area contributed by atoms with E-state index < -0.39 is 0 Å². The summed E-state index contributed by atoms with van der Waals surface area (Å²) < 4.78 is 0. The highest BCUT2D eigenvalue weighted by atomic mass is 15.1. The van der Waals surface area contributed by atoms with Gasteiger partial charge in [-0.2, -0.15) is 0 Å². The SMILES string of the molecule is CC1=C(N(C)c2c(C3=CCCC=C3)cccc2-c2ccccc2)C=CCC1. The highest BCUT2D eigenvalue weighted by Crippen LogP contribution is 2.40. The zero-order valence-corrected chi connectivity index (χ0v) is 16.3. The van der Waals surface area contributed by atoms with Gasteiger partial charge in [-0.1, -0.05) is 72.8 Å². The molecule has 1 heteroatoms. The third-order valence-electron chi connectivity index (χ3n) is 5.52. The first-order chi connectivity index (χ1) is 13.3. The molecule has 2 aliphatic carbocycles. The summed E-state index contributed by atoms with van der Waals surface area (Å²) in [5.41, 5.74) is 9.28. The number of nitrogens with zero attached hydrogens (tertiary/aromatic N) is 1. The molecule has 27 heavy (non-hydrogen) atoms. The lowest BCUT2D eigenvalue weighted by Crippen LogP contribution is -2.20. The lowest BCUT2D eigenvalue weighted by molar-refractivity contribution is 0.913. The highest BCUT2D eigenvalue weighted by Gasteiger charge is 2.20. The summed E-state index contributed by atoms with van der Waals surface area (Å²) in [5.74, 6) is 0. The van der Waals surface area contributed by atoms with E-state index in [9.17, 15) is 0 Å². The fourth-order valence-electron chi connectivity index (χ4n) is 4.09. The molecule has 1 nitrogen and oxygen atoms in total. The summed E-state index contributed by atoms with van der Waals surface area (Å²) in [5, 5.41) is 0. The van der Waals surface area contributed by atoms with Crippen LogP contribution in [0.15, 0.2) is 90.2 Å². The predicted molar refractivity (Wildman–Crippen MR) is 118 cm³/mol. The molecule has 0 amide bonds. The molecule has 0 radical (unpaired) electrons. The van der Waals surface area contributed by atoms with Crippen LogP contribution < -0.4 is 4.90 Å². The van der Waals surface area contributed by atoms with Crippen LogP contribution in [0.2, 0.25) is 0 Å². The Kier molecular flexibility index (Phi) is 5.11. The van der Waals surface area contributed by atoms with E-state index in [1.807, 2.05) is 0 Å². The fourth-order valence-corrected chi connectivity index (χ4v) is 4.09. The minimum atomic E-state index is 1.12. The van der Waals surface area contributed by atoms with Gasteiger partial charge >= 0.3 is 0 Å². The van der Waals surface area contributed by atoms with E-state index in [0.29, 0.717) is 0 Å². The van der Waals surface area contributed by atoms with E-state index in [0.717, 1.165) is 25.7 Å². The summed E-state index contributed by atoms with van der Waals surface area (Å²) in [6, 6.07) is 17.4. The van der Waals surface area contributed by atoms with Gasteiger partial charge in [0.05, 0.1) is 5.69 Å². The van der Waals surface area contributed by atoms with Gasteiger partial charge in [0.15, 0.2) is 0 Å². The van der Waals surface area contributed by atoms with Gasteiger partial charge in [0, 0.05) is 23.9 Å². The molecule has 136 valence electrons. The van der Waals surface area contributed by atoms with Crippen molar-refractivity contribution >= 4 is 11.3 Å². The molecule has 0 aromatic heterocycles. The van der Waals surface area contributed by atoms with Crippen molar-refractivity contribution in [1.29, 1.82) is 0 Å². The third kappa shape index (κ3) is 3.55. The minimum Gasteiger partial charge on any atom is -0.344 e. The van der Waals surface area contributed by atoms with Gasteiger partial charge in [-0.15, -0.1) is 0 Å². The summed E-state index contributed by atoms with van der Waals surface area (Å²) >= 11 is 0. The zero-order valence-electron chi connectivity index (χ0n) is 16.3. The second-order valence-electron chi connectivity index (χ2n) is 7.37. The molecular formula is C26H27N. The van der Waals surface area contributed by atoms with Crippen LogP contribution in [0.25, 0.3) is 16.7 Å². The van der Waals surface area contributed by atoms with Gasteiger partial charge in [-0.25, -0.2) is 0 Å². The predicted octanol–water partition coefficient (Wildman–Crippen LogP) is 7.15. The van der Waals surface area contributed by atoms with Crippen molar-refractivity contribution in [3.8, 4) is 11.1 Å². The lowest BCUT2D eigenvalue weighted by Gasteiger charge is -2.30. The van der Waals surface area contributed by atoms with E-state index in [2.05, 4.69) is 97.8 Å². The van der Waals surface area contributed by atoms with Crippen LogP contribution in [-0.2, 0) is 0 Å². The minimum absolute atomic E-state index is 1.12. The molecule has 0 spiro atoms. The summed E-state index contributed by atoms with van der Waals surface area (Å²) in [6.45, 7) is 2.26. The molecule has 0 atom stereocenters. The van der Waals surface area contributed by atoms with Crippen LogP contribution >= 0.6 is 0 Å². The Morgan fingerprint density at radius 1 is 0.778 bits per heavy atom. The first kappa shape index (κ1) is 17.6. The lowest BCUT2D eigenvalue weighted by atomic mass is 9.92. The highest BCUT2D eigenvalue weighted by molar-refractivity contribution is 5.92. The van der Waals surface area contributed by atoms with E-state index in [1.165, 1.54) is 39.2 Å². The monoisotopic (exact) mass is 353 g/mol. The molecule has 0 saturated heterocycles. The molecule has 0 fully saturated rings. The summed E-state index contributed by atoms with van der Waals surface area (Å²) in [7, 11) is 2.22. The number of hydrogen-bond donors (Lipinski definition) is 0. The van der Waals surface area contributed by atoms with Crippen molar-refractivity contribution in [3.63, 3.8) is 0 Å². The van der Waals surface area contributed by atoms with Crippen LogP contribution in [0, 0.1) is 0 Å². The van der Waals surface area contributed by atoms with E-state index >= 15 is 0 Å². The molecule has 0 bridgehead atoms. The molecule has 0 unspecified atom stereocenters. The summed E-state index contributed by atoms with van der Waals surface area (Å²) in [6.07, 6.45) is 16.1. The zero-order chi connectivity index (χ0) is 18.6. The van der Waals surface area contributed by atoms with Gasteiger partial charge in [-0.05, 0) is 55.4 Å². The standard InChI is InChI=1S/C26H27N/c1-20-12-9-10-19-25(20)27(2)26-23(21-13-5-3-6-14-21)17-11-18-24(26)22-15-7-4-8-16-22/h3,5-7,10-11,13-19H,4,8-9,12H2,1-2H3. The van der Waals surface area contributed by atoms with Crippen molar-refractivity contribution < 1.29 is 0 Å². The molecular weight excluding hydrogens is 326 g/mol. The third-order valence-corrected chi connectivity index (χ3v) is 5.52.